The van der Waals surface area contributed by atoms with Gasteiger partial charge < -0.3 is 20.1 Å². The molecule has 2 amide bonds. The van der Waals surface area contributed by atoms with Crippen molar-refractivity contribution in [3.8, 4) is 11.1 Å². The number of nitrogens with one attached hydrogen (secondary N) is 1. The molecule has 1 heterocycles. The quantitative estimate of drug-likeness (QED) is 0.641. The van der Waals surface area contributed by atoms with Gasteiger partial charge in [-0.3, -0.25) is 9.59 Å². The lowest BCUT2D eigenvalue weighted by Crippen LogP contribution is -2.49. The van der Waals surface area contributed by atoms with E-state index in [0.29, 0.717) is 13.0 Å². The molecule has 2 aromatic carbocycles. The monoisotopic (exact) mass is 468 g/mol. The average Bonchev–Trinajstić information content (AvgIpc) is 3.40. The number of nitrogens with zero attached hydrogens (tertiary/aromatic N) is 1. The lowest BCUT2D eigenvalue weighted by molar-refractivity contribution is -0.142. The molecule has 1 aliphatic heterocycles. The van der Waals surface area contributed by atoms with E-state index in [0.717, 1.165) is 22.3 Å². The van der Waals surface area contributed by atoms with E-state index in [9.17, 15) is 23.9 Å². The van der Waals surface area contributed by atoms with Gasteiger partial charge in [0.1, 0.15) is 18.3 Å². The molecular formula is C26H29FN2O5. The van der Waals surface area contributed by atoms with Crippen LogP contribution in [0.3, 0.4) is 0 Å². The molecule has 180 valence electrons. The molecule has 1 fully saturated rings. The van der Waals surface area contributed by atoms with E-state index in [-0.39, 0.29) is 25.0 Å². The van der Waals surface area contributed by atoms with Crippen LogP contribution in [0.15, 0.2) is 48.5 Å². The fourth-order valence-corrected chi connectivity index (χ4v) is 4.90. The summed E-state index contributed by atoms with van der Waals surface area (Å²) >= 11 is 0. The minimum atomic E-state index is -1.45. The minimum Gasteiger partial charge on any atom is -0.481 e. The Morgan fingerprint density at radius 1 is 1.12 bits per heavy atom. The third kappa shape index (κ3) is 4.90. The first-order valence-electron chi connectivity index (χ1n) is 11.5. The summed E-state index contributed by atoms with van der Waals surface area (Å²) in [4.78, 5) is 38.3. The van der Waals surface area contributed by atoms with Gasteiger partial charge in [0.25, 0.3) is 0 Å². The molecule has 0 saturated carbocycles. The largest absolute Gasteiger partial charge is 0.481 e. The van der Waals surface area contributed by atoms with Crippen molar-refractivity contribution < 1.29 is 28.6 Å². The van der Waals surface area contributed by atoms with Crippen LogP contribution in [0.25, 0.3) is 11.1 Å². The number of rotatable bonds is 7. The van der Waals surface area contributed by atoms with Gasteiger partial charge in [-0.2, -0.15) is 0 Å². The molecule has 1 aliphatic carbocycles. The Labute approximate surface area is 197 Å². The van der Waals surface area contributed by atoms with Crippen molar-refractivity contribution in [2.24, 2.45) is 5.92 Å². The summed E-state index contributed by atoms with van der Waals surface area (Å²) in [6.07, 6.45) is -0.952. The first kappa shape index (κ1) is 23.7. The third-order valence-electron chi connectivity index (χ3n) is 6.78. The molecule has 7 nitrogen and oxygen atoms in total. The summed E-state index contributed by atoms with van der Waals surface area (Å²) in [7, 11) is 0. The van der Waals surface area contributed by atoms with Crippen molar-refractivity contribution in [1.29, 1.82) is 0 Å². The number of benzene rings is 2. The van der Waals surface area contributed by atoms with Crippen molar-refractivity contribution in [3.63, 3.8) is 0 Å². The number of ether oxygens (including phenoxy) is 1. The fraction of sp³-hybridized carbons (Fsp3) is 0.423. The van der Waals surface area contributed by atoms with Crippen molar-refractivity contribution in [1.82, 2.24) is 10.2 Å². The van der Waals surface area contributed by atoms with E-state index in [1.807, 2.05) is 48.5 Å². The second-order valence-corrected chi connectivity index (χ2v) is 9.45. The first-order valence-corrected chi connectivity index (χ1v) is 11.5. The highest BCUT2D eigenvalue weighted by Crippen LogP contribution is 2.44. The van der Waals surface area contributed by atoms with E-state index >= 15 is 0 Å². The van der Waals surface area contributed by atoms with Crippen molar-refractivity contribution in [2.45, 2.75) is 44.3 Å². The highest BCUT2D eigenvalue weighted by atomic mass is 19.1. The van der Waals surface area contributed by atoms with Crippen LogP contribution < -0.4 is 5.32 Å². The number of carbonyl (C=O) groups is 3. The van der Waals surface area contributed by atoms with Crippen molar-refractivity contribution >= 4 is 18.0 Å². The number of likely N-dealkylation sites (tertiary alicyclic amines) is 1. The number of halogens is 1. The Kier molecular flexibility index (Phi) is 6.59. The molecule has 8 heteroatoms. The van der Waals surface area contributed by atoms with Gasteiger partial charge in [-0.05, 0) is 42.5 Å². The summed E-state index contributed by atoms with van der Waals surface area (Å²) in [5.74, 6) is -2.25. The molecule has 0 radical (unpaired) electrons. The number of carboxylic acids is 1. The number of hydrogen-bond acceptors (Lipinski definition) is 4. The topological polar surface area (TPSA) is 95.9 Å². The maximum atomic E-state index is 14.3. The Morgan fingerprint density at radius 2 is 1.71 bits per heavy atom. The smallest absolute Gasteiger partial charge is 0.407 e. The minimum absolute atomic E-state index is 0.0513. The van der Waals surface area contributed by atoms with E-state index in [1.165, 1.54) is 18.7 Å². The van der Waals surface area contributed by atoms with Gasteiger partial charge in [0.05, 0.1) is 6.42 Å². The molecule has 2 aliphatic rings. The summed E-state index contributed by atoms with van der Waals surface area (Å²) in [6, 6.07) is 14.5. The molecule has 2 unspecified atom stereocenters. The van der Waals surface area contributed by atoms with Gasteiger partial charge in [0.15, 0.2) is 0 Å². The highest BCUT2D eigenvalue weighted by Gasteiger charge is 2.39. The molecular weight excluding hydrogens is 439 g/mol. The Hall–Kier alpha value is -3.42. The predicted octanol–water partition coefficient (Wildman–Crippen LogP) is 3.97. The number of alkyl carbamates (subject to hydrolysis) is 1. The van der Waals surface area contributed by atoms with Crippen molar-refractivity contribution in [2.75, 3.05) is 19.7 Å². The number of amides is 2. The molecule has 2 aromatic rings. The van der Waals surface area contributed by atoms with E-state index in [4.69, 9.17) is 4.74 Å². The maximum absolute atomic E-state index is 14.3. The lowest BCUT2D eigenvalue weighted by atomic mass is 9.92. The molecule has 4 rings (SSSR count). The Balaban J connectivity index is 1.41. The van der Waals surface area contributed by atoms with Gasteiger partial charge in [0.2, 0.25) is 5.91 Å². The molecule has 2 N–H and O–H groups in total. The van der Waals surface area contributed by atoms with Gasteiger partial charge in [-0.25, -0.2) is 9.18 Å². The number of aliphatic carboxylic acids is 1. The zero-order chi connectivity index (χ0) is 24.5. The SMILES string of the molecule is CC(C)(F)C1CCN(C(=O)C(CC(=O)O)NC(=O)OCC2c3ccccc3-c3ccccc32)C1. The lowest BCUT2D eigenvalue weighted by Gasteiger charge is -2.26. The van der Waals surface area contributed by atoms with Crippen LogP contribution in [0, 0.1) is 5.92 Å². The van der Waals surface area contributed by atoms with Crippen LogP contribution in [-0.2, 0) is 14.3 Å². The van der Waals surface area contributed by atoms with Crippen molar-refractivity contribution in [3.05, 3.63) is 59.7 Å². The Morgan fingerprint density at radius 3 is 2.24 bits per heavy atom. The molecule has 0 spiro atoms. The summed E-state index contributed by atoms with van der Waals surface area (Å²) in [6.45, 7) is 3.49. The number of hydrogen-bond donors (Lipinski definition) is 2. The Bertz CT molecular complexity index is 1050. The number of fused-ring (bicyclic) bond motifs is 3. The second-order valence-electron chi connectivity index (χ2n) is 9.45. The molecule has 0 aromatic heterocycles. The molecule has 0 bridgehead atoms. The fourth-order valence-electron chi connectivity index (χ4n) is 4.90. The van der Waals surface area contributed by atoms with Crippen LogP contribution in [0.5, 0.6) is 0 Å². The van der Waals surface area contributed by atoms with Crippen LogP contribution in [-0.4, -0.2) is 59.4 Å². The number of carboxylic acid groups (broad SMARTS) is 1. The van der Waals surface area contributed by atoms with Crippen LogP contribution in [0.1, 0.15) is 43.7 Å². The predicted molar refractivity (Wildman–Crippen MR) is 124 cm³/mol. The number of alkyl halides is 1. The van der Waals surface area contributed by atoms with Gasteiger partial charge >= 0.3 is 12.1 Å². The molecule has 34 heavy (non-hydrogen) atoms. The average molecular weight is 469 g/mol. The summed E-state index contributed by atoms with van der Waals surface area (Å²) in [5, 5.41) is 11.7. The van der Waals surface area contributed by atoms with E-state index in [2.05, 4.69) is 5.32 Å². The number of carbonyl (C=O) groups excluding carboxylic acids is 2. The van der Waals surface area contributed by atoms with Gasteiger partial charge in [-0.1, -0.05) is 48.5 Å². The van der Waals surface area contributed by atoms with Gasteiger partial charge in [-0.15, -0.1) is 0 Å². The van der Waals surface area contributed by atoms with Crippen LogP contribution in [0.2, 0.25) is 0 Å². The second kappa shape index (κ2) is 9.44. The zero-order valence-corrected chi connectivity index (χ0v) is 19.3. The van der Waals surface area contributed by atoms with E-state index < -0.39 is 36.1 Å². The third-order valence-corrected chi connectivity index (χ3v) is 6.78. The summed E-state index contributed by atoms with van der Waals surface area (Å²) in [5.41, 5.74) is 2.83. The standard InChI is InChI=1S/C26H29FN2O5/c1-26(2,27)16-11-12-29(14-16)24(32)22(13-23(30)31)28-25(33)34-15-21-19-9-5-3-7-17(19)18-8-4-6-10-20(18)21/h3-10,16,21-22H,11-15H2,1-2H3,(H,28,33)(H,30,31). The highest BCUT2D eigenvalue weighted by molar-refractivity contribution is 5.89. The summed E-state index contributed by atoms with van der Waals surface area (Å²) < 4.78 is 19.8. The van der Waals surface area contributed by atoms with E-state index in [1.54, 1.807) is 0 Å². The normalized spacial score (nSPS) is 18.2. The molecule has 2 atom stereocenters. The first-order chi connectivity index (χ1) is 16.1. The van der Waals surface area contributed by atoms with Gasteiger partial charge in [0, 0.05) is 24.9 Å². The molecule has 1 saturated heterocycles. The van der Waals surface area contributed by atoms with Crippen LogP contribution >= 0.6 is 0 Å². The maximum Gasteiger partial charge on any atom is 0.407 e. The van der Waals surface area contributed by atoms with Crippen LogP contribution in [0.4, 0.5) is 9.18 Å². The zero-order valence-electron chi connectivity index (χ0n) is 19.3.